The molecule has 0 aromatic rings. The molecule has 0 aliphatic heterocycles. The highest BCUT2D eigenvalue weighted by molar-refractivity contribution is 5.79. The molecule has 128 valence electrons. The maximum atomic E-state index is 11.5. The van der Waals surface area contributed by atoms with Gasteiger partial charge in [-0.2, -0.15) is 0 Å². The summed E-state index contributed by atoms with van der Waals surface area (Å²) in [4.78, 5) is 34.5. The molecule has 0 saturated carbocycles. The average molecular weight is 318 g/mol. The molecule has 0 amide bonds. The zero-order valence-corrected chi connectivity index (χ0v) is 13.8. The maximum absolute atomic E-state index is 11.5. The molecule has 0 heterocycles. The van der Waals surface area contributed by atoms with Gasteiger partial charge in [0.2, 0.25) is 0 Å². The zero-order chi connectivity index (χ0) is 17.0. The molecule has 0 fully saturated rings. The number of hydrogen-bond acceptors (Lipinski definition) is 7. The van der Waals surface area contributed by atoms with Gasteiger partial charge in [0.25, 0.3) is 0 Å². The minimum atomic E-state index is -1.11. The van der Waals surface area contributed by atoms with Crippen LogP contribution in [-0.2, 0) is 28.5 Å². The van der Waals surface area contributed by atoms with E-state index >= 15 is 0 Å². The summed E-state index contributed by atoms with van der Waals surface area (Å²) < 4.78 is 19.3. The van der Waals surface area contributed by atoms with Crippen LogP contribution in [0.4, 0.5) is 4.79 Å². The Morgan fingerprint density at radius 3 is 1.45 bits per heavy atom. The molecule has 0 bridgehead atoms. The van der Waals surface area contributed by atoms with Gasteiger partial charge in [0.1, 0.15) is 0 Å². The summed E-state index contributed by atoms with van der Waals surface area (Å²) in [6.07, 6.45) is -0.0300. The molecule has 7 heteroatoms. The number of carbonyl (C=O) groups is 3. The van der Waals surface area contributed by atoms with E-state index in [0.717, 1.165) is 25.7 Å². The van der Waals surface area contributed by atoms with E-state index in [1.54, 1.807) is 0 Å². The van der Waals surface area contributed by atoms with Gasteiger partial charge >= 0.3 is 18.1 Å². The summed E-state index contributed by atoms with van der Waals surface area (Å²) in [6.45, 7) is 7.23. The van der Waals surface area contributed by atoms with Crippen LogP contribution in [0.15, 0.2) is 0 Å². The fraction of sp³-hybridized carbons (Fsp3) is 0.800. The van der Waals surface area contributed by atoms with Gasteiger partial charge in [0.05, 0.1) is 13.2 Å². The predicted octanol–water partition coefficient (Wildman–Crippen LogP) is 2.60. The molecule has 2 unspecified atom stereocenters. The first-order chi connectivity index (χ1) is 10.4. The van der Waals surface area contributed by atoms with Crippen molar-refractivity contribution in [3.8, 4) is 0 Å². The van der Waals surface area contributed by atoms with Gasteiger partial charge in [-0.25, -0.2) is 14.4 Å². The number of rotatable bonds is 10. The Bertz CT molecular complexity index is 322. The number of hydrogen-bond donors (Lipinski definition) is 0. The third-order valence-electron chi connectivity index (χ3n) is 2.69. The fourth-order valence-corrected chi connectivity index (χ4v) is 1.28. The van der Waals surface area contributed by atoms with Crippen LogP contribution in [0.1, 0.15) is 53.4 Å². The molecule has 0 rings (SSSR count). The van der Waals surface area contributed by atoms with Crippen LogP contribution in [0, 0.1) is 0 Å². The molecule has 22 heavy (non-hydrogen) atoms. The summed E-state index contributed by atoms with van der Waals surface area (Å²) >= 11 is 0. The lowest BCUT2D eigenvalue weighted by molar-refractivity contribution is -0.158. The van der Waals surface area contributed by atoms with Gasteiger partial charge < -0.3 is 18.9 Å². The second kappa shape index (κ2) is 11.8. The molecule has 0 radical (unpaired) electrons. The SMILES string of the molecule is CCCCOC(=O)C(C)OC(=O)OC(C)C(=O)OCCCC. The van der Waals surface area contributed by atoms with Crippen LogP contribution in [0.2, 0.25) is 0 Å². The largest absolute Gasteiger partial charge is 0.509 e. The number of ether oxygens (including phenoxy) is 4. The van der Waals surface area contributed by atoms with E-state index in [2.05, 4.69) is 0 Å². The lowest BCUT2D eigenvalue weighted by atomic mass is 10.3. The van der Waals surface area contributed by atoms with Crippen LogP contribution in [-0.4, -0.2) is 43.5 Å². The molecular formula is C15H26O7. The van der Waals surface area contributed by atoms with E-state index in [1.807, 2.05) is 13.8 Å². The smallest absolute Gasteiger partial charge is 0.463 e. The Labute approximate surface area is 131 Å². The first-order valence-corrected chi connectivity index (χ1v) is 7.62. The van der Waals surface area contributed by atoms with Crippen LogP contribution in [0.5, 0.6) is 0 Å². The van der Waals surface area contributed by atoms with Crippen LogP contribution in [0.3, 0.4) is 0 Å². The Kier molecular flexibility index (Phi) is 10.9. The van der Waals surface area contributed by atoms with E-state index in [0.29, 0.717) is 0 Å². The Morgan fingerprint density at radius 1 is 0.773 bits per heavy atom. The molecule has 0 aromatic carbocycles. The minimum absolute atomic E-state index is 0.276. The van der Waals surface area contributed by atoms with E-state index in [9.17, 15) is 14.4 Å². The van der Waals surface area contributed by atoms with Gasteiger partial charge in [0.15, 0.2) is 12.2 Å². The quantitative estimate of drug-likeness (QED) is 0.347. The van der Waals surface area contributed by atoms with Gasteiger partial charge in [-0.3, -0.25) is 0 Å². The molecule has 0 N–H and O–H groups in total. The molecule has 7 nitrogen and oxygen atoms in total. The van der Waals surface area contributed by atoms with Crippen molar-refractivity contribution in [2.75, 3.05) is 13.2 Å². The van der Waals surface area contributed by atoms with Gasteiger partial charge in [-0.05, 0) is 26.7 Å². The average Bonchev–Trinajstić information content (AvgIpc) is 2.47. The Hall–Kier alpha value is -1.79. The molecule has 0 aromatic heterocycles. The van der Waals surface area contributed by atoms with Crippen molar-refractivity contribution in [3.05, 3.63) is 0 Å². The third kappa shape index (κ3) is 9.20. The third-order valence-corrected chi connectivity index (χ3v) is 2.69. The lowest BCUT2D eigenvalue weighted by Gasteiger charge is -2.15. The Balaban J connectivity index is 4.04. The first kappa shape index (κ1) is 20.2. The van der Waals surface area contributed by atoms with E-state index in [-0.39, 0.29) is 13.2 Å². The van der Waals surface area contributed by atoms with Crippen molar-refractivity contribution in [1.29, 1.82) is 0 Å². The Morgan fingerprint density at radius 2 is 1.14 bits per heavy atom. The predicted molar refractivity (Wildman–Crippen MR) is 78.2 cm³/mol. The van der Waals surface area contributed by atoms with Crippen molar-refractivity contribution in [2.45, 2.75) is 65.6 Å². The van der Waals surface area contributed by atoms with Crippen molar-refractivity contribution in [1.82, 2.24) is 0 Å². The highest BCUT2D eigenvalue weighted by Crippen LogP contribution is 2.03. The van der Waals surface area contributed by atoms with Gasteiger partial charge in [-0.1, -0.05) is 26.7 Å². The normalized spacial score (nSPS) is 12.9. The molecule has 2 atom stereocenters. The summed E-state index contributed by atoms with van der Waals surface area (Å²) in [7, 11) is 0. The number of unbranched alkanes of at least 4 members (excludes halogenated alkanes) is 2. The van der Waals surface area contributed by atoms with Crippen molar-refractivity contribution in [2.24, 2.45) is 0 Å². The summed E-state index contributed by atoms with van der Waals surface area (Å²) in [5.41, 5.74) is 0. The standard InChI is InChI=1S/C15H26O7/c1-5-7-9-19-13(16)11(3)21-15(18)22-12(4)14(17)20-10-8-6-2/h11-12H,5-10H2,1-4H3. The van der Waals surface area contributed by atoms with Gasteiger partial charge in [0, 0.05) is 0 Å². The van der Waals surface area contributed by atoms with Crippen molar-refractivity contribution < 1.29 is 33.3 Å². The fourth-order valence-electron chi connectivity index (χ4n) is 1.28. The molecular weight excluding hydrogens is 292 g/mol. The van der Waals surface area contributed by atoms with Crippen LogP contribution < -0.4 is 0 Å². The highest BCUT2D eigenvalue weighted by Gasteiger charge is 2.24. The molecule has 0 aliphatic carbocycles. The maximum Gasteiger partial charge on any atom is 0.509 e. The van der Waals surface area contributed by atoms with Crippen LogP contribution in [0.25, 0.3) is 0 Å². The summed E-state index contributed by atoms with van der Waals surface area (Å²) in [5.74, 6) is -1.30. The number of carbonyl (C=O) groups excluding carboxylic acids is 3. The summed E-state index contributed by atoms with van der Waals surface area (Å²) in [6, 6.07) is 0. The van der Waals surface area contributed by atoms with E-state index in [1.165, 1.54) is 13.8 Å². The molecule has 0 spiro atoms. The van der Waals surface area contributed by atoms with Crippen molar-refractivity contribution in [3.63, 3.8) is 0 Å². The molecule has 0 aliphatic rings. The summed E-state index contributed by atoms with van der Waals surface area (Å²) in [5, 5.41) is 0. The first-order valence-electron chi connectivity index (χ1n) is 7.62. The number of esters is 2. The van der Waals surface area contributed by atoms with Gasteiger partial charge in [-0.15, -0.1) is 0 Å². The molecule has 0 saturated heterocycles. The lowest BCUT2D eigenvalue weighted by Crippen LogP contribution is -2.31. The second-order valence-corrected chi connectivity index (χ2v) is 4.81. The second-order valence-electron chi connectivity index (χ2n) is 4.81. The monoisotopic (exact) mass is 318 g/mol. The zero-order valence-electron chi connectivity index (χ0n) is 13.8. The highest BCUT2D eigenvalue weighted by atomic mass is 16.7. The van der Waals surface area contributed by atoms with Crippen LogP contribution >= 0.6 is 0 Å². The van der Waals surface area contributed by atoms with E-state index in [4.69, 9.17) is 18.9 Å². The van der Waals surface area contributed by atoms with Crippen molar-refractivity contribution >= 4 is 18.1 Å². The topological polar surface area (TPSA) is 88.1 Å². The van der Waals surface area contributed by atoms with E-state index < -0.39 is 30.3 Å². The minimum Gasteiger partial charge on any atom is -0.463 e.